The van der Waals surface area contributed by atoms with Crippen molar-refractivity contribution in [2.45, 2.75) is 52.7 Å². The molecule has 5 heteroatoms. The van der Waals surface area contributed by atoms with Crippen molar-refractivity contribution in [2.75, 3.05) is 0 Å². The maximum atomic E-state index is 5.89. The summed E-state index contributed by atoms with van der Waals surface area (Å²) >= 11 is 0. The van der Waals surface area contributed by atoms with E-state index in [9.17, 15) is 0 Å². The molecule has 0 fully saturated rings. The summed E-state index contributed by atoms with van der Waals surface area (Å²) in [5.74, 6) is 2.26. The van der Waals surface area contributed by atoms with Crippen molar-refractivity contribution in [1.29, 1.82) is 0 Å². The van der Waals surface area contributed by atoms with E-state index < -0.39 is 0 Å². The van der Waals surface area contributed by atoms with E-state index in [4.69, 9.17) is 15.0 Å². The van der Waals surface area contributed by atoms with Crippen LogP contribution in [-0.2, 0) is 13.0 Å². The molecule has 1 aromatic heterocycles. The zero-order valence-corrected chi connectivity index (χ0v) is 13.1. The van der Waals surface area contributed by atoms with Crippen LogP contribution in [0.3, 0.4) is 0 Å². The Kier molecular flexibility index (Phi) is 4.96. The summed E-state index contributed by atoms with van der Waals surface area (Å²) < 4.78 is 11.0. The Hall–Kier alpha value is -1.88. The first kappa shape index (κ1) is 15.5. The summed E-state index contributed by atoms with van der Waals surface area (Å²) in [6, 6.07) is 6.18. The van der Waals surface area contributed by atoms with Gasteiger partial charge in [0.25, 0.3) is 5.89 Å². The molecule has 2 N–H and O–H groups in total. The Morgan fingerprint density at radius 1 is 1.29 bits per heavy atom. The van der Waals surface area contributed by atoms with Crippen molar-refractivity contribution < 1.29 is 9.26 Å². The fraction of sp³-hybridized carbons (Fsp3) is 0.500. The van der Waals surface area contributed by atoms with Gasteiger partial charge in [-0.15, -0.1) is 0 Å². The molecule has 0 aliphatic carbocycles. The molecule has 1 heterocycles. The minimum atomic E-state index is 0.0881. The van der Waals surface area contributed by atoms with Crippen LogP contribution < -0.4 is 10.5 Å². The van der Waals surface area contributed by atoms with Gasteiger partial charge in [-0.05, 0) is 31.9 Å². The van der Waals surface area contributed by atoms with Gasteiger partial charge in [-0.3, -0.25) is 0 Å². The van der Waals surface area contributed by atoms with E-state index >= 15 is 0 Å². The molecule has 0 amide bonds. The number of ether oxygens (including phenoxy) is 1. The summed E-state index contributed by atoms with van der Waals surface area (Å²) in [5.41, 5.74) is 8.19. The normalized spacial score (nSPS) is 12.7. The summed E-state index contributed by atoms with van der Waals surface area (Å²) in [7, 11) is 0. The van der Waals surface area contributed by atoms with Crippen molar-refractivity contribution in [3.05, 3.63) is 41.0 Å². The Balaban J connectivity index is 2.08. The number of aryl methyl sites for hydroxylation is 1. The van der Waals surface area contributed by atoms with Crippen molar-refractivity contribution in [3.63, 3.8) is 0 Å². The Morgan fingerprint density at radius 3 is 2.67 bits per heavy atom. The lowest BCUT2D eigenvalue weighted by atomic mass is 10.0. The second-order valence-corrected chi connectivity index (χ2v) is 5.78. The second kappa shape index (κ2) is 6.72. The van der Waals surface area contributed by atoms with Crippen LogP contribution in [0, 0.1) is 6.92 Å². The third-order valence-corrected chi connectivity index (χ3v) is 3.11. The molecule has 2 rings (SSSR count). The quantitative estimate of drug-likeness (QED) is 0.885. The topological polar surface area (TPSA) is 74.2 Å². The SMILES string of the molecule is Cc1ccc(OCc2nc(C(C)C)no2)c(CC(C)N)c1. The fourth-order valence-corrected chi connectivity index (χ4v) is 2.06. The van der Waals surface area contributed by atoms with Gasteiger partial charge in [0.15, 0.2) is 12.4 Å². The number of aromatic nitrogens is 2. The maximum Gasteiger partial charge on any atom is 0.264 e. The molecule has 1 unspecified atom stereocenters. The molecule has 5 nitrogen and oxygen atoms in total. The smallest absolute Gasteiger partial charge is 0.264 e. The molecule has 0 saturated heterocycles. The van der Waals surface area contributed by atoms with E-state index in [1.807, 2.05) is 32.9 Å². The van der Waals surface area contributed by atoms with Crippen LogP contribution >= 0.6 is 0 Å². The fourth-order valence-electron chi connectivity index (χ4n) is 2.06. The number of nitrogens with zero attached hydrogens (tertiary/aromatic N) is 2. The largest absolute Gasteiger partial charge is 0.483 e. The van der Waals surface area contributed by atoms with E-state index in [-0.39, 0.29) is 18.6 Å². The number of benzene rings is 1. The summed E-state index contributed by atoms with van der Waals surface area (Å²) in [6.45, 7) is 8.36. The summed E-state index contributed by atoms with van der Waals surface area (Å²) in [4.78, 5) is 4.31. The number of hydrogen-bond donors (Lipinski definition) is 1. The van der Waals surface area contributed by atoms with Crippen LogP contribution in [-0.4, -0.2) is 16.2 Å². The number of hydrogen-bond acceptors (Lipinski definition) is 5. The van der Waals surface area contributed by atoms with Gasteiger partial charge in [0, 0.05) is 12.0 Å². The lowest BCUT2D eigenvalue weighted by molar-refractivity contribution is 0.240. The van der Waals surface area contributed by atoms with Crippen molar-refractivity contribution in [2.24, 2.45) is 5.73 Å². The molecule has 21 heavy (non-hydrogen) atoms. The summed E-state index contributed by atoms with van der Waals surface area (Å²) in [5, 5.41) is 3.93. The van der Waals surface area contributed by atoms with Crippen LogP contribution in [0.4, 0.5) is 0 Å². The third-order valence-electron chi connectivity index (χ3n) is 3.11. The standard InChI is InChI=1S/C16H23N3O2/c1-10(2)16-18-15(21-19-16)9-20-14-6-5-11(3)7-13(14)8-12(4)17/h5-7,10,12H,8-9,17H2,1-4H3. The number of nitrogens with two attached hydrogens (primary N) is 1. The molecule has 0 saturated carbocycles. The average Bonchev–Trinajstić information content (AvgIpc) is 2.86. The van der Waals surface area contributed by atoms with Gasteiger partial charge >= 0.3 is 0 Å². The van der Waals surface area contributed by atoms with Crippen molar-refractivity contribution in [3.8, 4) is 5.75 Å². The molecule has 0 aliphatic heterocycles. The molecule has 1 aromatic carbocycles. The zero-order chi connectivity index (χ0) is 15.4. The second-order valence-electron chi connectivity index (χ2n) is 5.78. The van der Waals surface area contributed by atoms with Crippen LogP contribution in [0.5, 0.6) is 5.75 Å². The van der Waals surface area contributed by atoms with E-state index in [1.165, 1.54) is 5.56 Å². The highest BCUT2D eigenvalue weighted by atomic mass is 16.5. The molecular formula is C16H23N3O2. The van der Waals surface area contributed by atoms with E-state index in [2.05, 4.69) is 23.1 Å². The Morgan fingerprint density at radius 2 is 2.05 bits per heavy atom. The number of rotatable bonds is 6. The lowest BCUT2D eigenvalue weighted by Crippen LogP contribution is -2.18. The highest BCUT2D eigenvalue weighted by Crippen LogP contribution is 2.22. The third kappa shape index (κ3) is 4.29. The minimum absolute atomic E-state index is 0.0881. The molecule has 2 aromatic rings. The molecule has 0 spiro atoms. The summed E-state index contributed by atoms with van der Waals surface area (Å²) in [6.07, 6.45) is 0.776. The highest BCUT2D eigenvalue weighted by Gasteiger charge is 2.12. The van der Waals surface area contributed by atoms with Crippen LogP contribution in [0.15, 0.2) is 22.7 Å². The predicted molar refractivity (Wildman–Crippen MR) is 81.3 cm³/mol. The highest BCUT2D eigenvalue weighted by molar-refractivity contribution is 5.37. The van der Waals surface area contributed by atoms with E-state index in [1.54, 1.807) is 0 Å². The first-order valence-electron chi connectivity index (χ1n) is 7.26. The van der Waals surface area contributed by atoms with Gasteiger partial charge in [0.05, 0.1) is 0 Å². The van der Waals surface area contributed by atoms with Gasteiger partial charge in [-0.1, -0.05) is 36.7 Å². The first-order chi connectivity index (χ1) is 9.95. The van der Waals surface area contributed by atoms with Crippen LogP contribution in [0.25, 0.3) is 0 Å². The molecular weight excluding hydrogens is 266 g/mol. The van der Waals surface area contributed by atoms with Gasteiger partial charge in [0.2, 0.25) is 0 Å². The van der Waals surface area contributed by atoms with Crippen LogP contribution in [0.2, 0.25) is 0 Å². The molecule has 114 valence electrons. The Bertz CT molecular complexity index is 591. The molecule has 0 radical (unpaired) electrons. The monoisotopic (exact) mass is 289 g/mol. The van der Waals surface area contributed by atoms with Crippen molar-refractivity contribution in [1.82, 2.24) is 10.1 Å². The molecule has 1 atom stereocenters. The van der Waals surface area contributed by atoms with Gasteiger partial charge in [-0.25, -0.2) is 0 Å². The first-order valence-corrected chi connectivity index (χ1v) is 7.26. The maximum absolute atomic E-state index is 5.89. The van der Waals surface area contributed by atoms with Gasteiger partial charge in [-0.2, -0.15) is 4.98 Å². The van der Waals surface area contributed by atoms with E-state index in [0.29, 0.717) is 11.7 Å². The zero-order valence-electron chi connectivity index (χ0n) is 13.1. The predicted octanol–water partition coefficient (Wildman–Crippen LogP) is 2.97. The Labute approximate surface area is 125 Å². The lowest BCUT2D eigenvalue weighted by Gasteiger charge is -2.12. The molecule has 0 bridgehead atoms. The van der Waals surface area contributed by atoms with Gasteiger partial charge < -0.3 is 15.0 Å². The van der Waals surface area contributed by atoms with Crippen LogP contribution in [0.1, 0.15) is 49.5 Å². The van der Waals surface area contributed by atoms with E-state index in [0.717, 1.165) is 17.7 Å². The molecule has 0 aliphatic rings. The average molecular weight is 289 g/mol. The minimum Gasteiger partial charge on any atom is -0.483 e. The van der Waals surface area contributed by atoms with Gasteiger partial charge in [0.1, 0.15) is 5.75 Å². The van der Waals surface area contributed by atoms with Crippen molar-refractivity contribution >= 4 is 0 Å².